The summed E-state index contributed by atoms with van der Waals surface area (Å²) in [6.07, 6.45) is -11.2. The summed E-state index contributed by atoms with van der Waals surface area (Å²) < 4.78 is 40.2. The van der Waals surface area contributed by atoms with Crippen molar-refractivity contribution >= 4 is 5.78 Å². The Morgan fingerprint density at radius 3 is 2.15 bits per heavy atom. The molecule has 252 valence electrons. The number of aliphatic hydroxyl groups excluding tert-OH is 4. The van der Waals surface area contributed by atoms with Gasteiger partial charge in [0, 0.05) is 24.8 Å². The highest BCUT2D eigenvalue weighted by Crippen LogP contribution is 2.46. The zero-order chi connectivity index (χ0) is 33.6. The van der Waals surface area contributed by atoms with Crippen molar-refractivity contribution in [1.29, 1.82) is 0 Å². The Bertz CT molecular complexity index is 1630. The van der Waals surface area contributed by atoms with Gasteiger partial charge in [0.05, 0.1) is 20.3 Å². The van der Waals surface area contributed by atoms with Crippen LogP contribution in [0.15, 0.2) is 48.5 Å². The first-order valence-electron chi connectivity index (χ1n) is 14.6. The van der Waals surface area contributed by atoms with Gasteiger partial charge in [0.1, 0.15) is 47.2 Å². The molecule has 0 aromatic heterocycles. The number of hydrogen-bond acceptors (Lipinski definition) is 15. The largest absolute Gasteiger partial charge is 0.508 e. The van der Waals surface area contributed by atoms with Crippen molar-refractivity contribution in [3.05, 3.63) is 65.2 Å². The molecule has 3 aliphatic heterocycles. The fraction of sp³-hybridized carbons (Fsp3) is 0.406. The second kappa shape index (κ2) is 13.0. The third-order valence-electron chi connectivity index (χ3n) is 8.29. The maximum Gasteiger partial charge on any atom is 0.202 e. The number of benzene rings is 3. The zero-order valence-electron chi connectivity index (χ0n) is 25.1. The number of aromatic hydroxyl groups is 3. The van der Waals surface area contributed by atoms with E-state index in [1.807, 2.05) is 0 Å². The molecular weight excluding hydrogens is 624 g/mol. The minimum atomic E-state index is -1.69. The van der Waals surface area contributed by atoms with E-state index in [0.717, 1.165) is 12.1 Å². The number of carbonyl (C=O) groups is 1. The van der Waals surface area contributed by atoms with Gasteiger partial charge in [-0.15, -0.1) is 0 Å². The highest BCUT2D eigenvalue weighted by atomic mass is 16.7. The van der Waals surface area contributed by atoms with Crippen molar-refractivity contribution in [3.63, 3.8) is 0 Å². The molecule has 0 unspecified atom stereocenters. The minimum Gasteiger partial charge on any atom is -0.508 e. The molecule has 9 atom stereocenters. The molecule has 3 aromatic rings. The van der Waals surface area contributed by atoms with E-state index in [9.17, 15) is 40.5 Å². The molecule has 47 heavy (non-hydrogen) atoms. The number of ketones is 1. The Morgan fingerprint density at radius 1 is 0.702 bits per heavy atom. The summed E-state index contributed by atoms with van der Waals surface area (Å²) in [6, 6.07) is 11.4. The van der Waals surface area contributed by atoms with E-state index >= 15 is 0 Å². The normalized spacial score (nSPS) is 29.9. The van der Waals surface area contributed by atoms with E-state index in [1.165, 1.54) is 26.4 Å². The lowest BCUT2D eigenvalue weighted by Gasteiger charge is -2.40. The quantitative estimate of drug-likeness (QED) is 0.178. The van der Waals surface area contributed by atoms with Crippen molar-refractivity contribution in [2.75, 3.05) is 27.4 Å². The first kappa shape index (κ1) is 32.6. The predicted molar refractivity (Wildman–Crippen MR) is 157 cm³/mol. The van der Waals surface area contributed by atoms with Crippen LogP contribution in [-0.2, 0) is 14.2 Å². The van der Waals surface area contributed by atoms with Crippen molar-refractivity contribution in [3.8, 4) is 40.2 Å². The zero-order valence-corrected chi connectivity index (χ0v) is 25.1. The number of phenols is 3. The number of Topliss-reactive ketones (excluding diaryl/α,β-unsaturated/α-hetero) is 1. The Hall–Kier alpha value is -4.35. The number of rotatable bonds is 8. The van der Waals surface area contributed by atoms with Crippen LogP contribution in [0.4, 0.5) is 0 Å². The summed E-state index contributed by atoms with van der Waals surface area (Å²) in [7, 11) is 2.68. The van der Waals surface area contributed by atoms with Crippen molar-refractivity contribution in [2.45, 2.75) is 55.1 Å². The number of phenolic OH excluding ortho intramolecular Hbond substituents is 3. The summed E-state index contributed by atoms with van der Waals surface area (Å²) in [6.45, 7) is -0.319. The van der Waals surface area contributed by atoms with Gasteiger partial charge in [0.15, 0.2) is 53.7 Å². The molecule has 0 bridgehead atoms. The Balaban J connectivity index is 1.26. The minimum absolute atomic E-state index is 0.102. The van der Waals surface area contributed by atoms with E-state index in [2.05, 4.69) is 0 Å². The van der Waals surface area contributed by atoms with Gasteiger partial charge in [0.2, 0.25) is 5.78 Å². The molecule has 3 aliphatic rings. The summed E-state index contributed by atoms with van der Waals surface area (Å²) in [5, 5.41) is 71.7. The summed E-state index contributed by atoms with van der Waals surface area (Å²) in [4.78, 5) is 13.0. The van der Waals surface area contributed by atoms with Crippen LogP contribution < -0.4 is 18.9 Å². The first-order chi connectivity index (χ1) is 22.5. The Kier molecular flexibility index (Phi) is 9.04. The van der Waals surface area contributed by atoms with Gasteiger partial charge in [-0.1, -0.05) is 12.1 Å². The number of fused-ring (bicyclic) bond motifs is 2. The van der Waals surface area contributed by atoms with Gasteiger partial charge in [0.25, 0.3) is 0 Å². The maximum atomic E-state index is 13.0. The number of methoxy groups -OCH3 is 2. The highest BCUT2D eigenvalue weighted by Gasteiger charge is 2.45. The third kappa shape index (κ3) is 6.09. The van der Waals surface area contributed by atoms with E-state index in [1.54, 1.807) is 24.3 Å². The second-order valence-corrected chi connectivity index (χ2v) is 11.3. The molecule has 0 amide bonds. The number of hydrogen-bond donors (Lipinski definition) is 7. The number of ether oxygens (including phenoxy) is 7. The van der Waals surface area contributed by atoms with Crippen LogP contribution in [-0.4, -0.2) is 112 Å². The molecule has 0 spiro atoms. The van der Waals surface area contributed by atoms with Crippen molar-refractivity contribution in [1.82, 2.24) is 0 Å². The second-order valence-electron chi connectivity index (χ2n) is 11.3. The lowest BCUT2D eigenvalue weighted by molar-refractivity contribution is -0.297. The van der Waals surface area contributed by atoms with Crippen LogP contribution in [0.5, 0.6) is 40.2 Å². The molecule has 1 saturated heterocycles. The summed E-state index contributed by atoms with van der Waals surface area (Å²) in [5.74, 6) is -1.19. The van der Waals surface area contributed by atoms with Crippen LogP contribution in [0.1, 0.15) is 33.7 Å². The lowest BCUT2D eigenvalue weighted by atomic mass is 9.92. The van der Waals surface area contributed by atoms with Crippen LogP contribution in [0.25, 0.3) is 0 Å². The van der Waals surface area contributed by atoms with Crippen LogP contribution in [0.3, 0.4) is 0 Å². The molecule has 0 aliphatic carbocycles. The average Bonchev–Trinajstić information content (AvgIpc) is 3.05. The first-order valence-corrected chi connectivity index (χ1v) is 14.6. The fourth-order valence-corrected chi connectivity index (χ4v) is 5.82. The monoisotopic (exact) mass is 658 g/mol. The molecule has 15 heteroatoms. The number of aliphatic hydroxyl groups is 4. The van der Waals surface area contributed by atoms with Crippen LogP contribution in [0, 0.1) is 0 Å². The van der Waals surface area contributed by atoms with Crippen molar-refractivity contribution in [2.24, 2.45) is 0 Å². The molecule has 15 nitrogen and oxygen atoms in total. The molecule has 6 rings (SSSR count). The van der Waals surface area contributed by atoms with E-state index in [-0.39, 0.29) is 53.3 Å². The fourth-order valence-electron chi connectivity index (χ4n) is 5.82. The van der Waals surface area contributed by atoms with Gasteiger partial charge in [-0.25, -0.2) is 0 Å². The van der Waals surface area contributed by atoms with Gasteiger partial charge in [-0.2, -0.15) is 0 Å². The topological polar surface area (TPSA) is 223 Å². The standard InChI is InChI=1S/C32H34O15/c1-41-19-7-13(3-5-16(19)34)30-23(12-43-11-22-25(36)27(38)29(40)32(42-2)47-22)44-18-6-4-14(8-20(18)45-30)31-28(39)26(37)24-17(35)9-15(33)10-21(24)46-31/h3-10,22-23,25,27-36,38-40H,11-12H2,1-2H3/t22-,23+,25+,27+,28+,29-,30+,31-,32+/m1/s1. The van der Waals surface area contributed by atoms with E-state index in [0.29, 0.717) is 11.1 Å². The molecule has 0 radical (unpaired) electrons. The SMILES string of the molecule is COc1cc([C@@H]2Oc3cc([C@H]4Oc5cc(O)cc(O)c5C(=O)[C@@H]4O)ccc3O[C@H]2COC[C@H]2O[C@H](OC)[C@H](O)[C@@H](O)[C@H]2O)ccc1O. The highest BCUT2D eigenvalue weighted by molar-refractivity contribution is 6.05. The molecule has 3 heterocycles. The van der Waals surface area contributed by atoms with Gasteiger partial charge in [-0.05, 0) is 29.8 Å². The summed E-state index contributed by atoms with van der Waals surface area (Å²) in [5.41, 5.74) is 0.610. The van der Waals surface area contributed by atoms with Gasteiger partial charge < -0.3 is 68.9 Å². The van der Waals surface area contributed by atoms with E-state index < -0.39 is 66.7 Å². The van der Waals surface area contributed by atoms with Gasteiger partial charge >= 0.3 is 0 Å². The Morgan fingerprint density at radius 2 is 1.40 bits per heavy atom. The summed E-state index contributed by atoms with van der Waals surface area (Å²) >= 11 is 0. The molecule has 1 fully saturated rings. The molecule has 0 saturated carbocycles. The predicted octanol–water partition coefficient (Wildman–Crippen LogP) is 0.841. The average molecular weight is 659 g/mol. The molecular formula is C32H34O15. The molecule has 3 aromatic carbocycles. The van der Waals surface area contributed by atoms with E-state index in [4.69, 9.17) is 33.2 Å². The molecule has 7 N–H and O–H groups in total. The van der Waals surface area contributed by atoms with Crippen LogP contribution in [0.2, 0.25) is 0 Å². The van der Waals surface area contributed by atoms with Crippen LogP contribution >= 0.6 is 0 Å². The third-order valence-corrected chi connectivity index (χ3v) is 8.29. The maximum absolute atomic E-state index is 13.0. The smallest absolute Gasteiger partial charge is 0.202 e. The number of carbonyl (C=O) groups excluding carboxylic acids is 1. The lowest BCUT2D eigenvalue weighted by Crippen LogP contribution is -2.59. The Labute approximate surface area is 267 Å². The van der Waals surface area contributed by atoms with Crippen molar-refractivity contribution < 1.29 is 73.7 Å². The van der Waals surface area contributed by atoms with Gasteiger partial charge in [-0.3, -0.25) is 4.79 Å².